The fourth-order valence-corrected chi connectivity index (χ4v) is 4.97. The van der Waals surface area contributed by atoms with Crippen LogP contribution in [0.4, 0.5) is 10.3 Å². The molecule has 2 aromatic rings. The summed E-state index contributed by atoms with van der Waals surface area (Å²) in [7, 11) is -1.98. The lowest BCUT2D eigenvalue weighted by Gasteiger charge is -2.36. The highest BCUT2D eigenvalue weighted by Gasteiger charge is 2.37. The summed E-state index contributed by atoms with van der Waals surface area (Å²) in [6.07, 6.45) is 6.44. The van der Waals surface area contributed by atoms with Gasteiger partial charge >= 0.3 is 0 Å². The van der Waals surface area contributed by atoms with Gasteiger partial charge in [0.05, 0.1) is 45.2 Å². The van der Waals surface area contributed by atoms with Crippen molar-refractivity contribution in [2.75, 3.05) is 51.0 Å². The zero-order valence-corrected chi connectivity index (χ0v) is 25.5. The summed E-state index contributed by atoms with van der Waals surface area (Å²) in [6.45, 7) is 14.9. The first kappa shape index (κ1) is 30.5. The molecule has 2 saturated heterocycles. The highest BCUT2D eigenvalue weighted by atomic mass is 28.4. The summed E-state index contributed by atoms with van der Waals surface area (Å²) in [5.41, 5.74) is 2.55. The van der Waals surface area contributed by atoms with Gasteiger partial charge in [0, 0.05) is 35.7 Å². The molecule has 4 rings (SSSR count). The summed E-state index contributed by atoms with van der Waals surface area (Å²) in [5, 5.41) is 4.22. The van der Waals surface area contributed by atoms with Gasteiger partial charge in [-0.25, -0.2) is 14.4 Å². The highest BCUT2D eigenvalue weighted by Crippen LogP contribution is 2.37. The second-order valence-corrected chi connectivity index (χ2v) is 16.5. The second-order valence-electron chi connectivity index (χ2n) is 11.7. The van der Waals surface area contributed by atoms with E-state index in [0.717, 1.165) is 31.6 Å². The smallest absolute Gasteiger partial charge is 0.225 e. The standard InChI is InChI=1S/C29H43FN4O5Si/c1-29(2,3)40(4,5)39-21-22-9-8-10-25(27(22)30)23-17-31-28(32-18-23)34-19-24(20-34)33-38-16-14-35-13-15-37-26-11-6-7-12-36-26/h8-10,17-18,26H,6-7,11-16,19-21H2,1-5H3. The summed E-state index contributed by atoms with van der Waals surface area (Å²) < 4.78 is 38.2. The Labute approximate surface area is 238 Å². The third-order valence-electron chi connectivity index (χ3n) is 7.63. The molecule has 2 aliphatic rings. The lowest BCUT2D eigenvalue weighted by molar-refractivity contribution is -0.169. The van der Waals surface area contributed by atoms with Gasteiger partial charge in [0.25, 0.3) is 0 Å². The van der Waals surface area contributed by atoms with Gasteiger partial charge < -0.3 is 28.4 Å². The number of halogens is 1. The Morgan fingerprint density at radius 3 is 2.52 bits per heavy atom. The van der Waals surface area contributed by atoms with Crippen LogP contribution in [0.1, 0.15) is 45.6 Å². The number of hydrogen-bond donors (Lipinski definition) is 0. The molecule has 0 spiro atoms. The van der Waals surface area contributed by atoms with E-state index in [1.165, 1.54) is 0 Å². The number of rotatable bonds is 13. The Hall–Kier alpha value is -2.44. The molecule has 0 aliphatic carbocycles. The molecule has 2 fully saturated rings. The van der Waals surface area contributed by atoms with Crippen LogP contribution in [0, 0.1) is 5.82 Å². The van der Waals surface area contributed by atoms with Crippen molar-refractivity contribution in [3.8, 4) is 11.1 Å². The normalized spacial score (nSPS) is 18.0. The van der Waals surface area contributed by atoms with Crippen LogP contribution >= 0.6 is 0 Å². The Morgan fingerprint density at radius 2 is 1.82 bits per heavy atom. The monoisotopic (exact) mass is 574 g/mol. The molecule has 0 N–H and O–H groups in total. The molecule has 0 saturated carbocycles. The topological polar surface area (TPSA) is 87.5 Å². The molecular weight excluding hydrogens is 531 g/mol. The SMILES string of the molecule is CC(C)(C)[Si](C)(C)OCc1cccc(-c2cnc(N3CC(=NOCCOCCOC4CCCCO4)C3)nc2)c1F. The van der Waals surface area contributed by atoms with Crippen molar-refractivity contribution >= 4 is 20.0 Å². The van der Waals surface area contributed by atoms with Gasteiger partial charge in [-0.15, -0.1) is 0 Å². The number of benzene rings is 1. The van der Waals surface area contributed by atoms with Crippen molar-refractivity contribution in [3.05, 3.63) is 42.0 Å². The Morgan fingerprint density at radius 1 is 1.07 bits per heavy atom. The number of ether oxygens (including phenoxy) is 3. The van der Waals surface area contributed by atoms with Crippen LogP contribution in [-0.4, -0.2) is 76.4 Å². The van der Waals surface area contributed by atoms with E-state index in [1.807, 2.05) is 11.0 Å². The zero-order valence-electron chi connectivity index (χ0n) is 24.5. The molecular formula is C29H43FN4O5Si. The number of hydrogen-bond acceptors (Lipinski definition) is 9. The fraction of sp³-hybridized carbons (Fsp3) is 0.621. The lowest BCUT2D eigenvalue weighted by atomic mass is 10.1. The largest absolute Gasteiger partial charge is 0.412 e. The maximum absolute atomic E-state index is 15.3. The van der Waals surface area contributed by atoms with Crippen LogP contribution in [0.15, 0.2) is 35.7 Å². The van der Waals surface area contributed by atoms with E-state index in [2.05, 4.69) is 49.0 Å². The second kappa shape index (κ2) is 14.0. The third-order valence-corrected chi connectivity index (χ3v) is 12.1. The Bertz CT molecular complexity index is 1110. The average Bonchev–Trinajstić information content (AvgIpc) is 2.91. The first-order chi connectivity index (χ1) is 19.1. The van der Waals surface area contributed by atoms with Crippen molar-refractivity contribution in [1.29, 1.82) is 0 Å². The van der Waals surface area contributed by atoms with Crippen molar-refractivity contribution in [2.24, 2.45) is 5.16 Å². The van der Waals surface area contributed by atoms with Gasteiger partial charge in [-0.3, -0.25) is 0 Å². The van der Waals surface area contributed by atoms with Gasteiger partial charge in [-0.1, -0.05) is 44.1 Å². The summed E-state index contributed by atoms with van der Waals surface area (Å²) in [5.74, 6) is 0.286. The van der Waals surface area contributed by atoms with E-state index in [0.29, 0.717) is 62.2 Å². The Kier molecular flexibility index (Phi) is 10.6. The van der Waals surface area contributed by atoms with Gasteiger partial charge in [0.15, 0.2) is 14.6 Å². The van der Waals surface area contributed by atoms with Crippen molar-refractivity contribution in [3.63, 3.8) is 0 Å². The van der Waals surface area contributed by atoms with E-state index in [4.69, 9.17) is 23.5 Å². The summed E-state index contributed by atoms with van der Waals surface area (Å²) >= 11 is 0. The van der Waals surface area contributed by atoms with Gasteiger partial charge in [0.1, 0.15) is 12.4 Å². The van der Waals surface area contributed by atoms with Crippen molar-refractivity contribution in [2.45, 2.75) is 71.1 Å². The summed E-state index contributed by atoms with van der Waals surface area (Å²) in [6, 6.07) is 5.37. The predicted octanol–water partition coefficient (Wildman–Crippen LogP) is 5.56. The first-order valence-corrected chi connectivity index (χ1v) is 17.0. The van der Waals surface area contributed by atoms with E-state index in [1.54, 1.807) is 24.5 Å². The maximum atomic E-state index is 15.3. The number of oxime groups is 1. The van der Waals surface area contributed by atoms with E-state index in [-0.39, 0.29) is 23.8 Å². The molecule has 3 heterocycles. The van der Waals surface area contributed by atoms with Crippen molar-refractivity contribution < 1.29 is 27.9 Å². The van der Waals surface area contributed by atoms with Crippen LogP contribution < -0.4 is 4.90 Å². The molecule has 40 heavy (non-hydrogen) atoms. The van der Waals surface area contributed by atoms with Crippen LogP contribution in [0.3, 0.4) is 0 Å². The molecule has 1 unspecified atom stereocenters. The minimum Gasteiger partial charge on any atom is -0.412 e. The molecule has 0 radical (unpaired) electrons. The van der Waals surface area contributed by atoms with Crippen LogP contribution in [-0.2, 0) is 30.1 Å². The minimum atomic E-state index is -1.98. The molecule has 1 aromatic carbocycles. The van der Waals surface area contributed by atoms with Gasteiger partial charge in [0.2, 0.25) is 5.95 Å². The molecule has 11 heteroatoms. The molecule has 220 valence electrons. The number of nitrogens with zero attached hydrogens (tertiary/aromatic N) is 4. The van der Waals surface area contributed by atoms with Crippen molar-refractivity contribution in [1.82, 2.24) is 9.97 Å². The molecule has 2 aliphatic heterocycles. The molecule has 0 bridgehead atoms. The Balaban J connectivity index is 1.17. The first-order valence-electron chi connectivity index (χ1n) is 14.1. The van der Waals surface area contributed by atoms with E-state index < -0.39 is 8.32 Å². The molecule has 1 atom stereocenters. The van der Waals surface area contributed by atoms with Gasteiger partial charge in [-0.2, -0.15) is 0 Å². The predicted molar refractivity (Wildman–Crippen MR) is 155 cm³/mol. The highest BCUT2D eigenvalue weighted by molar-refractivity contribution is 6.74. The quantitative estimate of drug-likeness (QED) is 0.175. The van der Waals surface area contributed by atoms with Crippen LogP contribution in [0.2, 0.25) is 18.1 Å². The molecule has 9 nitrogen and oxygen atoms in total. The zero-order chi connectivity index (χ0) is 28.6. The van der Waals surface area contributed by atoms with E-state index in [9.17, 15) is 0 Å². The number of aromatic nitrogens is 2. The molecule has 1 aromatic heterocycles. The minimum absolute atomic E-state index is 0.0620. The van der Waals surface area contributed by atoms with Gasteiger partial charge in [-0.05, 0) is 37.4 Å². The lowest BCUT2D eigenvalue weighted by Crippen LogP contribution is -2.48. The fourth-order valence-electron chi connectivity index (χ4n) is 4.02. The maximum Gasteiger partial charge on any atom is 0.225 e. The van der Waals surface area contributed by atoms with Crippen LogP contribution in [0.5, 0.6) is 0 Å². The average molecular weight is 575 g/mol. The third kappa shape index (κ3) is 8.29. The molecule has 0 amide bonds. The number of anilines is 1. The van der Waals surface area contributed by atoms with Crippen LogP contribution in [0.25, 0.3) is 11.1 Å². The summed E-state index contributed by atoms with van der Waals surface area (Å²) in [4.78, 5) is 16.3. The van der Waals surface area contributed by atoms with E-state index >= 15 is 4.39 Å².